The summed E-state index contributed by atoms with van der Waals surface area (Å²) in [5.74, 6) is 0.00930. The van der Waals surface area contributed by atoms with Crippen molar-refractivity contribution in [3.8, 4) is 0 Å². The van der Waals surface area contributed by atoms with Crippen LogP contribution >= 0.6 is 0 Å². The second-order valence-corrected chi connectivity index (χ2v) is 7.97. The van der Waals surface area contributed by atoms with E-state index < -0.39 is 6.04 Å². The number of hydrogen-bond donors (Lipinski definition) is 1. The second-order valence-electron chi connectivity index (χ2n) is 7.97. The molecule has 1 saturated heterocycles. The molecule has 2 N–H and O–H groups in total. The highest BCUT2D eigenvalue weighted by molar-refractivity contribution is 5.82. The fourth-order valence-electron chi connectivity index (χ4n) is 3.64. The van der Waals surface area contributed by atoms with Crippen LogP contribution in [0.25, 0.3) is 0 Å². The van der Waals surface area contributed by atoms with Crippen LogP contribution in [-0.4, -0.2) is 46.9 Å². The molecule has 3 atom stereocenters. The van der Waals surface area contributed by atoms with Gasteiger partial charge in [-0.1, -0.05) is 30.7 Å². The molecule has 2 rings (SSSR count). The first kappa shape index (κ1) is 19.9. The number of nitrogens with zero attached hydrogens (tertiary/aromatic N) is 2. The highest BCUT2D eigenvalue weighted by Crippen LogP contribution is 2.24. The van der Waals surface area contributed by atoms with Gasteiger partial charge in [-0.25, -0.2) is 0 Å². The number of rotatable bonds is 6. The largest absolute Gasteiger partial charge is 0.342 e. The number of hydrogen-bond acceptors (Lipinski definition) is 3. The van der Waals surface area contributed by atoms with Crippen LogP contribution in [-0.2, 0) is 17.8 Å². The van der Waals surface area contributed by atoms with E-state index in [1.165, 1.54) is 24.8 Å². The van der Waals surface area contributed by atoms with Crippen molar-refractivity contribution in [2.24, 2.45) is 5.73 Å². The Bertz CT molecular complexity index is 545. The average molecular weight is 346 g/mol. The van der Waals surface area contributed by atoms with E-state index in [1.54, 1.807) is 4.90 Å². The first-order chi connectivity index (χ1) is 11.8. The molecular formula is C21H35N3O. The summed E-state index contributed by atoms with van der Waals surface area (Å²) >= 11 is 0. The number of benzene rings is 1. The van der Waals surface area contributed by atoms with Crippen LogP contribution in [0.2, 0.25) is 0 Å². The Kier molecular flexibility index (Phi) is 7.03. The van der Waals surface area contributed by atoms with Gasteiger partial charge in [0.25, 0.3) is 0 Å². The zero-order valence-corrected chi connectivity index (χ0v) is 16.5. The van der Waals surface area contributed by atoms with Crippen LogP contribution < -0.4 is 5.73 Å². The van der Waals surface area contributed by atoms with Gasteiger partial charge in [-0.15, -0.1) is 0 Å². The van der Waals surface area contributed by atoms with E-state index in [1.807, 2.05) is 20.9 Å². The van der Waals surface area contributed by atoms with Gasteiger partial charge in [0, 0.05) is 31.7 Å². The zero-order valence-electron chi connectivity index (χ0n) is 16.5. The molecule has 1 fully saturated rings. The van der Waals surface area contributed by atoms with Gasteiger partial charge in [-0.3, -0.25) is 9.69 Å². The Hall–Kier alpha value is -1.39. The Balaban J connectivity index is 1.94. The summed E-state index contributed by atoms with van der Waals surface area (Å²) in [6.07, 6.45) is 4.52. The van der Waals surface area contributed by atoms with E-state index in [9.17, 15) is 4.79 Å². The molecule has 1 aromatic carbocycles. The van der Waals surface area contributed by atoms with E-state index in [-0.39, 0.29) is 11.9 Å². The van der Waals surface area contributed by atoms with Gasteiger partial charge >= 0.3 is 0 Å². The van der Waals surface area contributed by atoms with Crippen LogP contribution in [0.15, 0.2) is 24.3 Å². The highest BCUT2D eigenvalue weighted by Gasteiger charge is 2.24. The lowest BCUT2D eigenvalue weighted by atomic mass is 9.96. The average Bonchev–Trinajstić information content (AvgIpc) is 2.58. The molecule has 4 nitrogen and oxygen atoms in total. The number of nitrogens with two attached hydrogens (primary N) is 1. The van der Waals surface area contributed by atoms with Crippen LogP contribution in [0.1, 0.15) is 58.1 Å². The highest BCUT2D eigenvalue weighted by atomic mass is 16.2. The molecule has 0 radical (unpaired) electrons. The van der Waals surface area contributed by atoms with E-state index in [0.717, 1.165) is 12.1 Å². The number of likely N-dealkylation sites (N-methyl/N-ethyl adjacent to an activating group) is 1. The fourth-order valence-corrected chi connectivity index (χ4v) is 3.64. The summed E-state index contributed by atoms with van der Waals surface area (Å²) < 4.78 is 0. The first-order valence-corrected chi connectivity index (χ1v) is 9.65. The lowest BCUT2D eigenvalue weighted by Crippen LogP contribution is -2.45. The molecule has 0 bridgehead atoms. The number of carbonyl (C=O) groups is 1. The van der Waals surface area contributed by atoms with Gasteiger partial charge in [-0.2, -0.15) is 0 Å². The molecule has 4 heteroatoms. The molecule has 1 aromatic rings. The Labute approximate surface area is 153 Å². The van der Waals surface area contributed by atoms with E-state index >= 15 is 0 Å². The van der Waals surface area contributed by atoms with Crippen molar-refractivity contribution < 1.29 is 4.79 Å². The maximum Gasteiger partial charge on any atom is 0.239 e. The van der Waals surface area contributed by atoms with Gasteiger partial charge in [0.1, 0.15) is 0 Å². The third-order valence-corrected chi connectivity index (χ3v) is 5.66. The number of piperidine rings is 1. The summed E-state index contributed by atoms with van der Waals surface area (Å²) in [7, 11) is 1.82. The molecule has 3 unspecified atom stereocenters. The van der Waals surface area contributed by atoms with Crippen molar-refractivity contribution in [2.75, 3.05) is 7.05 Å². The van der Waals surface area contributed by atoms with E-state index in [0.29, 0.717) is 18.5 Å². The molecule has 0 aliphatic carbocycles. The maximum absolute atomic E-state index is 12.3. The van der Waals surface area contributed by atoms with Gasteiger partial charge < -0.3 is 10.6 Å². The number of amides is 1. The Morgan fingerprint density at radius 3 is 2.20 bits per heavy atom. The lowest BCUT2D eigenvalue weighted by molar-refractivity contribution is -0.132. The minimum Gasteiger partial charge on any atom is -0.342 e. The molecule has 25 heavy (non-hydrogen) atoms. The van der Waals surface area contributed by atoms with Gasteiger partial charge in [0.2, 0.25) is 5.91 Å². The van der Waals surface area contributed by atoms with Crippen molar-refractivity contribution in [1.29, 1.82) is 0 Å². The molecule has 1 heterocycles. The Morgan fingerprint density at radius 1 is 1.16 bits per heavy atom. The van der Waals surface area contributed by atoms with Crippen molar-refractivity contribution in [3.05, 3.63) is 35.4 Å². The summed E-state index contributed by atoms with van der Waals surface area (Å²) in [6.45, 7) is 9.67. The molecule has 0 aromatic heterocycles. The third-order valence-electron chi connectivity index (χ3n) is 5.66. The predicted octanol–water partition coefficient (Wildman–Crippen LogP) is 3.19. The second kappa shape index (κ2) is 8.81. The molecular weight excluding hydrogens is 310 g/mol. The van der Waals surface area contributed by atoms with Gasteiger partial charge in [-0.05, 0) is 58.1 Å². The summed E-state index contributed by atoms with van der Waals surface area (Å²) in [5, 5.41) is 0. The predicted molar refractivity (Wildman–Crippen MR) is 104 cm³/mol. The third kappa shape index (κ3) is 5.29. The van der Waals surface area contributed by atoms with Crippen molar-refractivity contribution in [2.45, 2.75) is 84.1 Å². The van der Waals surface area contributed by atoms with Crippen LogP contribution in [0.4, 0.5) is 0 Å². The van der Waals surface area contributed by atoms with Crippen LogP contribution in [0.3, 0.4) is 0 Å². The van der Waals surface area contributed by atoms with Crippen molar-refractivity contribution in [1.82, 2.24) is 9.80 Å². The first-order valence-electron chi connectivity index (χ1n) is 9.65. The summed E-state index contributed by atoms with van der Waals surface area (Å²) in [5.41, 5.74) is 8.58. The molecule has 140 valence electrons. The minimum absolute atomic E-state index is 0.00930. The van der Waals surface area contributed by atoms with Crippen LogP contribution in [0, 0.1) is 0 Å². The smallest absolute Gasteiger partial charge is 0.239 e. The number of carbonyl (C=O) groups excluding carboxylic acids is 1. The topological polar surface area (TPSA) is 49.6 Å². The molecule has 1 amide bonds. The van der Waals surface area contributed by atoms with E-state index in [2.05, 4.69) is 43.0 Å². The quantitative estimate of drug-likeness (QED) is 0.861. The standard InChI is InChI=1S/C21H35N3O/c1-15(2)23(5)21(25)20(22)13-18-9-11-19(12-10-18)14-24-16(3)7-6-8-17(24)4/h9-12,15-17,20H,6-8,13-14,22H2,1-5H3. The SMILES string of the molecule is CC(C)N(C)C(=O)C(N)Cc1ccc(CN2C(C)CCCC2C)cc1. The molecule has 1 aliphatic rings. The van der Waals surface area contributed by atoms with Crippen LogP contribution in [0.5, 0.6) is 0 Å². The lowest BCUT2D eigenvalue weighted by Gasteiger charge is -2.39. The maximum atomic E-state index is 12.3. The molecule has 1 aliphatic heterocycles. The summed E-state index contributed by atoms with van der Waals surface area (Å²) in [4.78, 5) is 16.6. The van der Waals surface area contributed by atoms with E-state index in [4.69, 9.17) is 5.73 Å². The normalized spacial score (nSPS) is 22.8. The van der Waals surface area contributed by atoms with Gasteiger partial charge in [0.15, 0.2) is 0 Å². The fraction of sp³-hybridized carbons (Fsp3) is 0.667. The van der Waals surface area contributed by atoms with Crippen molar-refractivity contribution >= 4 is 5.91 Å². The molecule has 0 spiro atoms. The number of likely N-dealkylation sites (tertiary alicyclic amines) is 1. The molecule has 0 saturated carbocycles. The zero-order chi connectivity index (χ0) is 18.6. The summed E-state index contributed by atoms with van der Waals surface area (Å²) in [6, 6.07) is 9.63. The Morgan fingerprint density at radius 2 is 1.68 bits per heavy atom. The van der Waals surface area contributed by atoms with Gasteiger partial charge in [0.05, 0.1) is 6.04 Å². The minimum atomic E-state index is -0.472. The van der Waals surface area contributed by atoms with Crippen molar-refractivity contribution in [3.63, 3.8) is 0 Å². The monoisotopic (exact) mass is 345 g/mol.